The van der Waals surface area contributed by atoms with Crippen LogP contribution in [-0.4, -0.2) is 16.3 Å². The number of aryl methyl sites for hydroxylation is 1. The minimum absolute atomic E-state index is 0.0145. The molecule has 0 radical (unpaired) electrons. The standard InChI is InChI=1S/C32H19F9N2O2/c1-2-3-4-21-17-42-29(43-18-21)12-8-20-6-10-22(25(33)13-20)9-5-19-7-11-24(26(34)14-19)31(37,38)44-23-15-27(35)30(28(36)16-23)45-32(39,40)41/h6-7,10-11,13-18H,2-4H2,1H3. The summed E-state index contributed by atoms with van der Waals surface area (Å²) in [5.41, 5.74) is -0.332. The summed E-state index contributed by atoms with van der Waals surface area (Å²) < 4.78 is 130. The van der Waals surface area contributed by atoms with Crippen LogP contribution in [0.15, 0.2) is 60.9 Å². The van der Waals surface area contributed by atoms with Crippen LogP contribution in [0.5, 0.6) is 11.5 Å². The first-order valence-electron chi connectivity index (χ1n) is 13.0. The highest BCUT2D eigenvalue weighted by molar-refractivity contribution is 5.48. The Kier molecular flexibility index (Phi) is 9.92. The first-order chi connectivity index (χ1) is 21.2. The van der Waals surface area contributed by atoms with E-state index in [-0.39, 0.29) is 29.1 Å². The van der Waals surface area contributed by atoms with Gasteiger partial charge in [0.05, 0.1) is 5.56 Å². The topological polar surface area (TPSA) is 44.2 Å². The molecular weight excluding hydrogens is 615 g/mol. The molecule has 0 amide bonds. The lowest BCUT2D eigenvalue weighted by molar-refractivity contribution is -0.276. The van der Waals surface area contributed by atoms with E-state index in [1.807, 2.05) is 0 Å². The van der Waals surface area contributed by atoms with Crippen LogP contribution < -0.4 is 9.47 Å². The van der Waals surface area contributed by atoms with Crippen molar-refractivity contribution in [2.24, 2.45) is 0 Å². The Morgan fingerprint density at radius 2 is 1.29 bits per heavy atom. The van der Waals surface area contributed by atoms with Gasteiger partial charge in [-0.2, -0.15) is 8.78 Å². The summed E-state index contributed by atoms with van der Waals surface area (Å²) in [6.07, 6.45) is -3.73. The monoisotopic (exact) mass is 634 g/mol. The van der Waals surface area contributed by atoms with Crippen LogP contribution in [0.4, 0.5) is 39.5 Å². The molecule has 0 aliphatic carbocycles. The molecule has 232 valence electrons. The Morgan fingerprint density at radius 3 is 1.87 bits per heavy atom. The van der Waals surface area contributed by atoms with Gasteiger partial charge in [-0.05, 0) is 60.7 Å². The minimum Gasteiger partial charge on any atom is -0.429 e. The Labute approximate surface area is 250 Å². The molecule has 0 atom stereocenters. The molecular formula is C32H19F9N2O2. The zero-order valence-corrected chi connectivity index (χ0v) is 23.0. The third kappa shape index (κ3) is 8.92. The maximum absolute atomic E-state index is 14.6. The number of ether oxygens (including phenoxy) is 2. The molecule has 4 nitrogen and oxygen atoms in total. The van der Waals surface area contributed by atoms with Crippen molar-refractivity contribution in [3.8, 4) is 35.2 Å². The van der Waals surface area contributed by atoms with E-state index in [9.17, 15) is 39.5 Å². The fourth-order valence-corrected chi connectivity index (χ4v) is 3.73. The van der Waals surface area contributed by atoms with Crippen LogP contribution in [0.1, 0.15) is 53.4 Å². The molecule has 0 unspecified atom stereocenters. The summed E-state index contributed by atoms with van der Waals surface area (Å²) in [6.45, 7) is 2.07. The van der Waals surface area contributed by atoms with Crippen molar-refractivity contribution in [2.75, 3.05) is 0 Å². The van der Waals surface area contributed by atoms with Gasteiger partial charge in [-0.15, -0.1) is 13.2 Å². The highest BCUT2D eigenvalue weighted by atomic mass is 19.4. The smallest absolute Gasteiger partial charge is 0.429 e. The van der Waals surface area contributed by atoms with Crippen molar-refractivity contribution < 1.29 is 49.0 Å². The summed E-state index contributed by atoms with van der Waals surface area (Å²) in [6, 6.07) is 6.05. The molecule has 45 heavy (non-hydrogen) atoms. The summed E-state index contributed by atoms with van der Waals surface area (Å²) in [5, 5.41) is 0. The van der Waals surface area contributed by atoms with Gasteiger partial charge in [0.15, 0.2) is 11.6 Å². The van der Waals surface area contributed by atoms with Crippen LogP contribution >= 0.6 is 0 Å². The second-order valence-electron chi connectivity index (χ2n) is 9.29. The summed E-state index contributed by atoms with van der Waals surface area (Å²) >= 11 is 0. The van der Waals surface area contributed by atoms with Gasteiger partial charge in [0, 0.05) is 35.7 Å². The Hall–Kier alpha value is -5.17. The number of rotatable bonds is 7. The third-order valence-electron chi connectivity index (χ3n) is 5.87. The largest absolute Gasteiger partial charge is 0.573 e. The second-order valence-corrected chi connectivity index (χ2v) is 9.29. The average Bonchev–Trinajstić information content (AvgIpc) is 2.96. The fraction of sp³-hybridized carbons (Fsp3) is 0.188. The van der Waals surface area contributed by atoms with E-state index in [4.69, 9.17) is 0 Å². The van der Waals surface area contributed by atoms with Crippen molar-refractivity contribution in [3.05, 3.63) is 118 Å². The quantitative estimate of drug-likeness (QED) is 0.152. The minimum atomic E-state index is -5.46. The Bertz CT molecular complexity index is 1790. The van der Waals surface area contributed by atoms with Crippen LogP contribution in [0.25, 0.3) is 0 Å². The lowest BCUT2D eigenvalue weighted by atomic mass is 10.1. The normalized spacial score (nSPS) is 11.2. The Balaban J connectivity index is 1.46. The molecule has 13 heteroatoms. The van der Waals surface area contributed by atoms with Crippen molar-refractivity contribution in [3.63, 3.8) is 0 Å². The molecule has 4 aromatic rings. The number of nitrogens with zero attached hydrogens (tertiary/aromatic N) is 2. The van der Waals surface area contributed by atoms with Gasteiger partial charge < -0.3 is 9.47 Å². The SMILES string of the molecule is CCCCc1cnc(C#Cc2ccc(C#Cc3ccc(C(F)(F)Oc4cc(F)c(OC(F)(F)F)c(F)c4)c(F)c3)c(F)c2)nc1. The van der Waals surface area contributed by atoms with Crippen molar-refractivity contribution in [2.45, 2.75) is 38.7 Å². The number of hydrogen-bond acceptors (Lipinski definition) is 4. The van der Waals surface area contributed by atoms with E-state index in [1.165, 1.54) is 12.1 Å². The molecule has 4 rings (SSSR count). The van der Waals surface area contributed by atoms with Crippen molar-refractivity contribution in [1.29, 1.82) is 0 Å². The van der Waals surface area contributed by atoms with E-state index in [0.29, 0.717) is 17.7 Å². The van der Waals surface area contributed by atoms with E-state index >= 15 is 0 Å². The molecule has 0 N–H and O–H groups in total. The number of benzene rings is 3. The molecule has 0 saturated carbocycles. The lowest BCUT2D eigenvalue weighted by Gasteiger charge is -2.19. The molecule has 3 aromatic carbocycles. The maximum Gasteiger partial charge on any atom is 0.573 e. The van der Waals surface area contributed by atoms with Crippen LogP contribution in [0, 0.1) is 47.0 Å². The van der Waals surface area contributed by atoms with E-state index in [1.54, 1.807) is 12.4 Å². The van der Waals surface area contributed by atoms with E-state index in [2.05, 4.69) is 50.0 Å². The number of hydrogen-bond donors (Lipinski definition) is 0. The highest BCUT2D eigenvalue weighted by Crippen LogP contribution is 2.37. The molecule has 0 aliphatic rings. The number of aromatic nitrogens is 2. The first kappa shape index (κ1) is 32.7. The Morgan fingerprint density at radius 1 is 0.689 bits per heavy atom. The molecule has 1 aromatic heterocycles. The molecule has 0 bridgehead atoms. The van der Waals surface area contributed by atoms with Gasteiger partial charge in [-0.1, -0.05) is 31.1 Å². The molecule has 0 spiro atoms. The van der Waals surface area contributed by atoms with Gasteiger partial charge >= 0.3 is 12.5 Å². The highest BCUT2D eigenvalue weighted by Gasteiger charge is 2.39. The third-order valence-corrected chi connectivity index (χ3v) is 5.87. The van der Waals surface area contributed by atoms with Gasteiger partial charge in [-0.25, -0.2) is 27.5 Å². The molecule has 0 saturated heterocycles. The van der Waals surface area contributed by atoms with Crippen LogP contribution in [0.2, 0.25) is 0 Å². The van der Waals surface area contributed by atoms with E-state index < -0.39 is 52.8 Å². The van der Waals surface area contributed by atoms with Crippen LogP contribution in [-0.2, 0) is 12.5 Å². The summed E-state index contributed by atoms with van der Waals surface area (Å²) in [5.74, 6) is 1.21. The second kappa shape index (κ2) is 13.6. The predicted molar refractivity (Wildman–Crippen MR) is 143 cm³/mol. The summed E-state index contributed by atoms with van der Waals surface area (Å²) in [4.78, 5) is 8.33. The van der Waals surface area contributed by atoms with Gasteiger partial charge in [0.2, 0.25) is 11.6 Å². The number of alkyl halides is 5. The molecule has 1 heterocycles. The lowest BCUT2D eigenvalue weighted by Crippen LogP contribution is -2.24. The van der Waals surface area contributed by atoms with Crippen molar-refractivity contribution in [1.82, 2.24) is 9.97 Å². The average molecular weight is 634 g/mol. The molecule has 0 fully saturated rings. The van der Waals surface area contributed by atoms with E-state index in [0.717, 1.165) is 37.0 Å². The summed E-state index contributed by atoms with van der Waals surface area (Å²) in [7, 11) is 0. The fourth-order valence-electron chi connectivity index (χ4n) is 3.73. The van der Waals surface area contributed by atoms with Crippen molar-refractivity contribution >= 4 is 0 Å². The van der Waals surface area contributed by atoms with Crippen LogP contribution in [0.3, 0.4) is 0 Å². The zero-order chi connectivity index (χ0) is 32.8. The first-order valence-corrected chi connectivity index (χ1v) is 13.0. The molecule has 0 aliphatic heterocycles. The zero-order valence-electron chi connectivity index (χ0n) is 23.0. The van der Waals surface area contributed by atoms with Gasteiger partial charge in [0.25, 0.3) is 0 Å². The number of unbranched alkanes of at least 4 members (excludes halogenated alkanes) is 1. The predicted octanol–water partition coefficient (Wildman–Crippen LogP) is 8.20. The van der Waals surface area contributed by atoms with Gasteiger partial charge in [0.1, 0.15) is 22.9 Å². The number of halogens is 9. The maximum atomic E-state index is 14.6. The van der Waals surface area contributed by atoms with Gasteiger partial charge in [-0.3, -0.25) is 0 Å².